The Labute approximate surface area is 172 Å². The summed E-state index contributed by atoms with van der Waals surface area (Å²) in [5.41, 5.74) is -0.401. The van der Waals surface area contributed by atoms with Gasteiger partial charge in [0.1, 0.15) is 12.0 Å². The number of aromatic nitrogens is 6. The SMILES string of the molecule is Cc1cc(C(F)(F)F)n2nc(C(=O)Nc3ncn(Cc4ccccc4Cl)n3)cc2n1. The number of hydrogen-bond acceptors (Lipinski definition) is 5. The number of benzene rings is 1. The van der Waals surface area contributed by atoms with Crippen LogP contribution in [0.4, 0.5) is 19.1 Å². The van der Waals surface area contributed by atoms with Crippen LogP contribution in [0.3, 0.4) is 0 Å². The number of carbonyl (C=O) groups is 1. The van der Waals surface area contributed by atoms with Crippen LogP contribution in [0, 0.1) is 6.92 Å². The van der Waals surface area contributed by atoms with Crippen LogP contribution in [-0.4, -0.2) is 35.3 Å². The highest BCUT2D eigenvalue weighted by Crippen LogP contribution is 2.29. The first kappa shape index (κ1) is 19.8. The lowest BCUT2D eigenvalue weighted by atomic mass is 10.2. The summed E-state index contributed by atoms with van der Waals surface area (Å²) in [6.07, 6.45) is -3.25. The minimum atomic E-state index is -4.65. The fourth-order valence-electron chi connectivity index (χ4n) is 2.81. The summed E-state index contributed by atoms with van der Waals surface area (Å²) in [5.74, 6) is -0.786. The van der Waals surface area contributed by atoms with Crippen molar-refractivity contribution in [2.45, 2.75) is 19.6 Å². The van der Waals surface area contributed by atoms with Crippen LogP contribution in [0.5, 0.6) is 0 Å². The number of anilines is 1. The highest BCUT2D eigenvalue weighted by atomic mass is 35.5. The van der Waals surface area contributed by atoms with E-state index in [1.807, 2.05) is 12.1 Å². The number of alkyl halides is 3. The van der Waals surface area contributed by atoms with E-state index < -0.39 is 17.8 Å². The number of aryl methyl sites for hydroxylation is 1. The fraction of sp³-hybridized carbons (Fsp3) is 0.167. The maximum absolute atomic E-state index is 13.2. The lowest BCUT2D eigenvalue weighted by Crippen LogP contribution is -2.16. The van der Waals surface area contributed by atoms with E-state index in [9.17, 15) is 18.0 Å². The van der Waals surface area contributed by atoms with Crippen LogP contribution in [0.25, 0.3) is 5.65 Å². The molecule has 0 bridgehead atoms. The van der Waals surface area contributed by atoms with Gasteiger partial charge in [0, 0.05) is 16.8 Å². The topological polar surface area (TPSA) is 90.0 Å². The predicted molar refractivity (Wildman–Crippen MR) is 101 cm³/mol. The van der Waals surface area contributed by atoms with Gasteiger partial charge in [0.05, 0.1) is 6.54 Å². The van der Waals surface area contributed by atoms with E-state index in [1.165, 1.54) is 17.9 Å². The van der Waals surface area contributed by atoms with Crippen LogP contribution in [0.1, 0.15) is 27.4 Å². The van der Waals surface area contributed by atoms with Gasteiger partial charge in [0.25, 0.3) is 5.91 Å². The molecule has 1 N–H and O–H groups in total. The molecule has 0 fully saturated rings. The highest BCUT2D eigenvalue weighted by molar-refractivity contribution is 6.31. The molecule has 0 saturated carbocycles. The summed E-state index contributed by atoms with van der Waals surface area (Å²) in [6.45, 7) is 1.76. The third kappa shape index (κ3) is 3.96. The van der Waals surface area contributed by atoms with Gasteiger partial charge in [0.2, 0.25) is 5.95 Å². The number of rotatable bonds is 4. The number of halogens is 4. The summed E-state index contributed by atoms with van der Waals surface area (Å²) >= 11 is 6.11. The highest BCUT2D eigenvalue weighted by Gasteiger charge is 2.35. The number of carbonyl (C=O) groups excluding carboxylic acids is 1. The molecule has 0 atom stereocenters. The molecule has 4 rings (SSSR count). The molecule has 1 amide bonds. The van der Waals surface area contributed by atoms with Crippen molar-refractivity contribution >= 4 is 29.1 Å². The van der Waals surface area contributed by atoms with Crippen LogP contribution in [-0.2, 0) is 12.7 Å². The van der Waals surface area contributed by atoms with Crippen molar-refractivity contribution in [3.8, 4) is 0 Å². The Balaban J connectivity index is 1.55. The first-order valence-corrected chi connectivity index (χ1v) is 8.97. The Hall–Kier alpha value is -3.47. The van der Waals surface area contributed by atoms with Crippen molar-refractivity contribution in [2.24, 2.45) is 0 Å². The van der Waals surface area contributed by atoms with Crippen molar-refractivity contribution in [3.05, 3.63) is 70.4 Å². The first-order valence-electron chi connectivity index (χ1n) is 8.59. The minimum absolute atomic E-state index is 0.0238. The molecule has 0 unspecified atom stereocenters. The third-order valence-electron chi connectivity index (χ3n) is 4.13. The van der Waals surface area contributed by atoms with Gasteiger partial charge in [-0.05, 0) is 24.6 Å². The van der Waals surface area contributed by atoms with E-state index >= 15 is 0 Å². The Morgan fingerprint density at radius 3 is 2.70 bits per heavy atom. The quantitative estimate of drug-likeness (QED) is 0.529. The number of nitrogens with one attached hydrogen (secondary N) is 1. The van der Waals surface area contributed by atoms with Crippen molar-refractivity contribution in [1.82, 2.24) is 29.4 Å². The molecule has 3 heterocycles. The maximum Gasteiger partial charge on any atom is 0.433 e. The molecule has 0 aliphatic rings. The number of fused-ring (bicyclic) bond motifs is 1. The maximum atomic E-state index is 13.2. The Kier molecular flexibility index (Phi) is 4.90. The molecule has 1 aromatic carbocycles. The molecule has 0 aliphatic carbocycles. The summed E-state index contributed by atoms with van der Waals surface area (Å²) in [6, 6.07) is 9.22. The van der Waals surface area contributed by atoms with Crippen molar-refractivity contribution in [2.75, 3.05) is 5.32 Å². The smallest absolute Gasteiger partial charge is 0.288 e. The van der Waals surface area contributed by atoms with Gasteiger partial charge >= 0.3 is 6.18 Å². The number of nitrogens with zero attached hydrogens (tertiary/aromatic N) is 6. The summed E-state index contributed by atoms with van der Waals surface area (Å²) in [5, 5.41) is 10.8. The first-order chi connectivity index (χ1) is 14.2. The van der Waals surface area contributed by atoms with Crippen LogP contribution in [0.2, 0.25) is 5.02 Å². The molecule has 0 aliphatic heterocycles. The average Bonchev–Trinajstić information content (AvgIpc) is 3.28. The fourth-order valence-corrected chi connectivity index (χ4v) is 3.00. The minimum Gasteiger partial charge on any atom is -0.288 e. The van der Waals surface area contributed by atoms with Crippen LogP contribution >= 0.6 is 11.6 Å². The zero-order valence-corrected chi connectivity index (χ0v) is 16.1. The molecule has 4 aromatic rings. The average molecular weight is 436 g/mol. The zero-order valence-electron chi connectivity index (χ0n) is 15.4. The zero-order chi connectivity index (χ0) is 21.5. The lowest BCUT2D eigenvalue weighted by Gasteiger charge is -2.08. The summed E-state index contributed by atoms with van der Waals surface area (Å²) in [7, 11) is 0. The van der Waals surface area contributed by atoms with Gasteiger partial charge in [-0.2, -0.15) is 18.3 Å². The number of amides is 1. The lowest BCUT2D eigenvalue weighted by molar-refractivity contribution is -0.142. The van der Waals surface area contributed by atoms with Gasteiger partial charge in [-0.3, -0.25) is 10.1 Å². The van der Waals surface area contributed by atoms with E-state index in [-0.39, 0.29) is 23.0 Å². The van der Waals surface area contributed by atoms with Crippen molar-refractivity contribution in [3.63, 3.8) is 0 Å². The van der Waals surface area contributed by atoms with E-state index in [1.54, 1.807) is 12.1 Å². The van der Waals surface area contributed by atoms with Crippen molar-refractivity contribution in [1.29, 1.82) is 0 Å². The number of hydrogen-bond donors (Lipinski definition) is 1. The Morgan fingerprint density at radius 2 is 1.97 bits per heavy atom. The molecular weight excluding hydrogens is 423 g/mol. The van der Waals surface area contributed by atoms with Gasteiger partial charge in [-0.15, -0.1) is 5.10 Å². The summed E-state index contributed by atoms with van der Waals surface area (Å²) < 4.78 is 41.8. The van der Waals surface area contributed by atoms with Crippen LogP contribution in [0.15, 0.2) is 42.7 Å². The van der Waals surface area contributed by atoms with Gasteiger partial charge in [0.15, 0.2) is 11.3 Å². The van der Waals surface area contributed by atoms with E-state index in [0.717, 1.165) is 17.7 Å². The molecule has 8 nitrogen and oxygen atoms in total. The molecule has 0 spiro atoms. The summed E-state index contributed by atoms with van der Waals surface area (Å²) in [4.78, 5) is 20.4. The predicted octanol–water partition coefficient (Wildman–Crippen LogP) is 3.60. The van der Waals surface area contributed by atoms with Gasteiger partial charge in [-0.1, -0.05) is 29.8 Å². The van der Waals surface area contributed by atoms with Crippen LogP contribution < -0.4 is 5.32 Å². The van der Waals surface area contributed by atoms with Gasteiger partial charge in [-0.25, -0.2) is 19.2 Å². The Bertz CT molecular complexity index is 1250. The Morgan fingerprint density at radius 1 is 1.20 bits per heavy atom. The van der Waals surface area contributed by atoms with E-state index in [0.29, 0.717) is 16.1 Å². The second-order valence-corrected chi connectivity index (χ2v) is 6.80. The van der Waals surface area contributed by atoms with E-state index in [4.69, 9.17) is 11.6 Å². The molecule has 0 saturated heterocycles. The van der Waals surface area contributed by atoms with Gasteiger partial charge < -0.3 is 0 Å². The molecule has 30 heavy (non-hydrogen) atoms. The molecule has 0 radical (unpaired) electrons. The standard InChI is InChI=1S/C18H13ClF3N7O/c1-10-6-14(18(20,21)22)29-15(24-10)7-13(26-29)16(30)25-17-23-9-28(27-17)8-11-4-2-3-5-12(11)19/h2-7,9H,8H2,1H3,(H,25,27,30). The molecule has 154 valence electrons. The normalized spacial score (nSPS) is 11.8. The molecule has 3 aromatic heterocycles. The monoisotopic (exact) mass is 435 g/mol. The van der Waals surface area contributed by atoms with E-state index in [2.05, 4.69) is 25.5 Å². The molecular formula is C18H13ClF3N7O. The second-order valence-electron chi connectivity index (χ2n) is 6.39. The molecule has 12 heteroatoms. The third-order valence-corrected chi connectivity index (χ3v) is 4.50. The second kappa shape index (κ2) is 7.41. The largest absolute Gasteiger partial charge is 0.433 e. The van der Waals surface area contributed by atoms with Crippen molar-refractivity contribution < 1.29 is 18.0 Å².